The monoisotopic (exact) mass is 302 g/mol. The van der Waals surface area contributed by atoms with Crippen molar-refractivity contribution in [2.45, 2.75) is 0 Å². The van der Waals surface area contributed by atoms with E-state index in [1.807, 2.05) is 36.4 Å². The summed E-state index contributed by atoms with van der Waals surface area (Å²) >= 11 is 0. The summed E-state index contributed by atoms with van der Waals surface area (Å²) in [5.74, 6) is -0.325. The van der Waals surface area contributed by atoms with Crippen LogP contribution >= 0.6 is 0 Å². The van der Waals surface area contributed by atoms with Gasteiger partial charge in [-0.05, 0) is 17.7 Å². The molecule has 3 nitrogen and oxygen atoms in total. The summed E-state index contributed by atoms with van der Waals surface area (Å²) in [6.45, 7) is 0. The molecule has 1 heterocycles. The Morgan fingerprint density at radius 2 is 1.35 bits per heavy atom. The van der Waals surface area contributed by atoms with Crippen molar-refractivity contribution in [3.05, 3.63) is 102 Å². The second-order valence-corrected chi connectivity index (χ2v) is 4.96. The van der Waals surface area contributed by atoms with Gasteiger partial charge in [0.05, 0.1) is 6.26 Å². The average Bonchev–Trinajstić information content (AvgIpc) is 3.15. The van der Waals surface area contributed by atoms with E-state index in [1.165, 1.54) is 12.3 Å². The Hall–Kier alpha value is -3.20. The van der Waals surface area contributed by atoms with Crippen molar-refractivity contribution in [3.8, 4) is 0 Å². The Morgan fingerprint density at radius 3 is 1.91 bits per heavy atom. The van der Waals surface area contributed by atoms with E-state index in [2.05, 4.69) is 0 Å². The summed E-state index contributed by atoms with van der Waals surface area (Å²) < 4.78 is 5.11. The molecule has 1 aromatic heterocycles. The van der Waals surface area contributed by atoms with Gasteiger partial charge < -0.3 is 4.42 Å². The van der Waals surface area contributed by atoms with E-state index in [9.17, 15) is 9.59 Å². The third-order valence-corrected chi connectivity index (χ3v) is 3.40. The van der Waals surface area contributed by atoms with Crippen molar-refractivity contribution < 1.29 is 14.0 Å². The number of carbonyl (C=O) groups excluding carboxylic acids is 2. The number of furan rings is 1. The zero-order chi connectivity index (χ0) is 16.1. The van der Waals surface area contributed by atoms with Crippen LogP contribution in [0.4, 0.5) is 0 Å². The van der Waals surface area contributed by atoms with Crippen LogP contribution in [0.3, 0.4) is 0 Å². The lowest BCUT2D eigenvalue weighted by Gasteiger charge is -2.07. The molecule has 3 heteroatoms. The molecule has 0 aliphatic rings. The first-order valence-corrected chi connectivity index (χ1v) is 7.20. The van der Waals surface area contributed by atoms with Gasteiger partial charge in [-0.25, -0.2) is 0 Å². The van der Waals surface area contributed by atoms with Crippen LogP contribution in [0.15, 0.2) is 89.6 Å². The Balaban J connectivity index is 2.04. The third kappa shape index (κ3) is 3.35. The molecule has 0 aliphatic carbocycles. The minimum absolute atomic E-state index is 0.197. The second-order valence-electron chi connectivity index (χ2n) is 4.96. The highest BCUT2D eigenvalue weighted by molar-refractivity contribution is 6.32. The van der Waals surface area contributed by atoms with Crippen molar-refractivity contribution in [2.75, 3.05) is 0 Å². The number of allylic oxidation sites excluding steroid dienone is 2. The number of ketones is 2. The number of carbonyl (C=O) groups is 2. The molecule has 0 fully saturated rings. The largest absolute Gasteiger partial charge is 0.461 e. The van der Waals surface area contributed by atoms with Crippen molar-refractivity contribution in [1.82, 2.24) is 0 Å². The average molecular weight is 302 g/mol. The zero-order valence-electron chi connectivity index (χ0n) is 12.3. The Morgan fingerprint density at radius 1 is 0.739 bits per heavy atom. The Kier molecular flexibility index (Phi) is 4.29. The van der Waals surface area contributed by atoms with Crippen LogP contribution in [-0.4, -0.2) is 11.6 Å². The summed E-state index contributed by atoms with van der Waals surface area (Å²) in [5.41, 5.74) is 1.58. The molecule has 23 heavy (non-hydrogen) atoms. The molecule has 0 spiro atoms. The minimum Gasteiger partial charge on any atom is -0.461 e. The molecule has 3 rings (SSSR count). The van der Waals surface area contributed by atoms with E-state index in [0.717, 1.165) is 0 Å². The molecule has 0 N–H and O–H groups in total. The predicted octanol–water partition coefficient (Wildman–Crippen LogP) is 4.43. The molecule has 0 saturated carbocycles. The first kappa shape index (κ1) is 14.7. The highest BCUT2D eigenvalue weighted by atomic mass is 16.3. The molecular weight excluding hydrogens is 288 g/mol. The maximum absolute atomic E-state index is 12.8. The minimum atomic E-state index is -0.335. The van der Waals surface area contributed by atoms with Crippen LogP contribution in [0, 0.1) is 0 Å². The zero-order valence-corrected chi connectivity index (χ0v) is 12.3. The van der Waals surface area contributed by atoms with Gasteiger partial charge >= 0.3 is 0 Å². The highest BCUT2D eigenvalue weighted by Gasteiger charge is 2.17. The van der Waals surface area contributed by atoms with Gasteiger partial charge in [0.25, 0.3) is 0 Å². The van der Waals surface area contributed by atoms with Gasteiger partial charge in [-0.1, -0.05) is 60.7 Å². The van der Waals surface area contributed by atoms with E-state index in [4.69, 9.17) is 4.42 Å². The maximum Gasteiger partial charge on any atom is 0.221 e. The summed E-state index contributed by atoms with van der Waals surface area (Å²) in [7, 11) is 0. The fourth-order valence-electron chi connectivity index (χ4n) is 2.26. The van der Waals surface area contributed by atoms with Gasteiger partial charge in [0.2, 0.25) is 5.78 Å². The molecular formula is C20H14O3. The normalized spacial score (nSPS) is 11.2. The molecule has 0 saturated heterocycles. The van der Waals surface area contributed by atoms with Crippen LogP contribution in [0.25, 0.3) is 5.57 Å². The topological polar surface area (TPSA) is 47.3 Å². The van der Waals surface area contributed by atoms with Gasteiger partial charge in [-0.2, -0.15) is 0 Å². The van der Waals surface area contributed by atoms with Crippen LogP contribution in [0.2, 0.25) is 0 Å². The smallest absolute Gasteiger partial charge is 0.221 e. The SMILES string of the molecule is O=C(C(=CC(=O)c1ccco1)c1ccccc1)c1ccccc1. The number of hydrogen-bond acceptors (Lipinski definition) is 3. The molecule has 3 aromatic rings. The lowest BCUT2D eigenvalue weighted by atomic mass is 9.95. The molecule has 0 radical (unpaired) electrons. The molecule has 0 bridgehead atoms. The van der Waals surface area contributed by atoms with Gasteiger partial charge in [-0.15, -0.1) is 0 Å². The summed E-state index contributed by atoms with van der Waals surface area (Å²) in [4.78, 5) is 25.1. The van der Waals surface area contributed by atoms with Crippen LogP contribution in [-0.2, 0) is 0 Å². The van der Waals surface area contributed by atoms with Crippen molar-refractivity contribution in [3.63, 3.8) is 0 Å². The van der Waals surface area contributed by atoms with Gasteiger partial charge in [0, 0.05) is 17.2 Å². The number of Topliss-reactive ketones (excluding diaryl/α,β-unsaturated/α-hetero) is 1. The standard InChI is InChI=1S/C20H14O3/c21-18(19-12-7-13-23-19)14-17(15-8-3-1-4-9-15)20(22)16-10-5-2-6-11-16/h1-14H. The van der Waals surface area contributed by atoms with Crippen LogP contribution in [0.1, 0.15) is 26.5 Å². The highest BCUT2D eigenvalue weighted by Crippen LogP contribution is 2.21. The van der Waals surface area contributed by atoms with E-state index < -0.39 is 0 Å². The second kappa shape index (κ2) is 6.71. The molecule has 0 unspecified atom stereocenters. The van der Waals surface area contributed by atoms with Gasteiger partial charge in [0.1, 0.15) is 0 Å². The van der Waals surface area contributed by atoms with Crippen LogP contribution in [0.5, 0.6) is 0 Å². The van der Waals surface area contributed by atoms with Gasteiger partial charge in [0.15, 0.2) is 11.5 Å². The quantitative estimate of drug-likeness (QED) is 0.517. The van der Waals surface area contributed by atoms with E-state index in [-0.39, 0.29) is 17.3 Å². The summed E-state index contributed by atoms with van der Waals surface area (Å²) in [5, 5.41) is 0. The Bertz CT molecular complexity index is 829. The number of hydrogen-bond donors (Lipinski definition) is 0. The molecule has 0 atom stereocenters. The summed E-state index contributed by atoms with van der Waals surface area (Å²) in [6, 6.07) is 21.3. The van der Waals surface area contributed by atoms with E-state index >= 15 is 0 Å². The molecule has 0 amide bonds. The van der Waals surface area contributed by atoms with Crippen molar-refractivity contribution in [2.24, 2.45) is 0 Å². The first-order chi connectivity index (χ1) is 11.3. The first-order valence-electron chi connectivity index (χ1n) is 7.20. The molecule has 2 aromatic carbocycles. The van der Waals surface area contributed by atoms with Gasteiger partial charge in [-0.3, -0.25) is 9.59 Å². The van der Waals surface area contributed by atoms with Crippen molar-refractivity contribution >= 4 is 17.1 Å². The van der Waals surface area contributed by atoms with E-state index in [0.29, 0.717) is 16.7 Å². The fraction of sp³-hybridized carbons (Fsp3) is 0. The fourth-order valence-corrected chi connectivity index (χ4v) is 2.26. The lowest BCUT2D eigenvalue weighted by Crippen LogP contribution is -2.05. The molecule has 0 aliphatic heterocycles. The maximum atomic E-state index is 12.8. The third-order valence-electron chi connectivity index (χ3n) is 3.40. The van der Waals surface area contributed by atoms with Crippen LogP contribution < -0.4 is 0 Å². The Labute approximate surface area is 133 Å². The van der Waals surface area contributed by atoms with Crippen molar-refractivity contribution in [1.29, 1.82) is 0 Å². The number of rotatable bonds is 5. The van der Waals surface area contributed by atoms with E-state index in [1.54, 1.807) is 36.4 Å². The molecule has 112 valence electrons. The summed E-state index contributed by atoms with van der Waals surface area (Å²) in [6.07, 6.45) is 2.77. The number of benzene rings is 2. The predicted molar refractivity (Wildman–Crippen MR) is 88.2 cm³/mol. The lowest BCUT2D eigenvalue weighted by molar-refractivity contribution is 0.101.